The molecule has 106 valence electrons. The Labute approximate surface area is 108 Å². The first-order valence-electron chi connectivity index (χ1n) is 5.66. The third-order valence-electron chi connectivity index (χ3n) is 2.09. The van der Waals surface area contributed by atoms with Gasteiger partial charge in [0, 0.05) is 6.54 Å². The van der Waals surface area contributed by atoms with Crippen molar-refractivity contribution in [1.29, 1.82) is 0 Å². The molecule has 0 atom stereocenters. The van der Waals surface area contributed by atoms with Crippen molar-refractivity contribution in [2.75, 3.05) is 13.2 Å². The van der Waals surface area contributed by atoms with E-state index in [4.69, 9.17) is 0 Å². The SMILES string of the molecule is CCOC(=O)NCCc1cccc(OC(F)(F)F)c1. The molecule has 0 saturated carbocycles. The fourth-order valence-corrected chi connectivity index (χ4v) is 1.39. The van der Waals surface area contributed by atoms with Crippen molar-refractivity contribution in [3.05, 3.63) is 29.8 Å². The average Bonchev–Trinajstić information content (AvgIpc) is 2.27. The van der Waals surface area contributed by atoms with E-state index in [1.807, 2.05) is 0 Å². The van der Waals surface area contributed by atoms with Crippen molar-refractivity contribution >= 4 is 6.09 Å². The largest absolute Gasteiger partial charge is 0.573 e. The molecule has 19 heavy (non-hydrogen) atoms. The minimum Gasteiger partial charge on any atom is -0.450 e. The predicted octanol–water partition coefficient (Wildman–Crippen LogP) is 2.87. The second-order valence-electron chi connectivity index (χ2n) is 3.59. The number of rotatable bonds is 5. The number of amides is 1. The van der Waals surface area contributed by atoms with Crippen LogP contribution in [0.3, 0.4) is 0 Å². The lowest BCUT2D eigenvalue weighted by atomic mass is 10.1. The molecule has 0 fully saturated rings. The highest BCUT2D eigenvalue weighted by atomic mass is 19.4. The summed E-state index contributed by atoms with van der Waals surface area (Å²) in [5.41, 5.74) is 0.624. The molecule has 1 amide bonds. The Morgan fingerprint density at radius 1 is 1.37 bits per heavy atom. The van der Waals surface area contributed by atoms with Gasteiger partial charge in [-0.25, -0.2) is 4.79 Å². The van der Waals surface area contributed by atoms with Crippen molar-refractivity contribution in [2.45, 2.75) is 19.7 Å². The van der Waals surface area contributed by atoms with Crippen molar-refractivity contribution < 1.29 is 27.4 Å². The first-order chi connectivity index (χ1) is 8.90. The second-order valence-corrected chi connectivity index (χ2v) is 3.59. The highest BCUT2D eigenvalue weighted by molar-refractivity contribution is 5.67. The molecule has 0 aliphatic rings. The first-order valence-corrected chi connectivity index (χ1v) is 5.66. The van der Waals surface area contributed by atoms with Crippen LogP contribution in [0.1, 0.15) is 12.5 Å². The van der Waals surface area contributed by atoms with Gasteiger partial charge in [0.1, 0.15) is 5.75 Å². The number of carbonyl (C=O) groups excluding carboxylic acids is 1. The summed E-state index contributed by atoms with van der Waals surface area (Å²) in [6, 6.07) is 5.60. The number of carbonyl (C=O) groups is 1. The van der Waals surface area contributed by atoms with Crippen molar-refractivity contribution in [2.24, 2.45) is 0 Å². The van der Waals surface area contributed by atoms with Crippen LogP contribution in [-0.2, 0) is 11.2 Å². The Kier molecular flexibility index (Phi) is 5.47. The van der Waals surface area contributed by atoms with Crippen LogP contribution in [0, 0.1) is 0 Å². The number of nitrogens with one attached hydrogen (secondary N) is 1. The van der Waals surface area contributed by atoms with Gasteiger partial charge in [0.05, 0.1) is 6.61 Å². The van der Waals surface area contributed by atoms with Crippen molar-refractivity contribution in [3.8, 4) is 5.75 Å². The standard InChI is InChI=1S/C12H14F3NO3/c1-2-18-11(17)16-7-6-9-4-3-5-10(8-9)19-12(13,14)15/h3-5,8H,2,6-7H2,1H3,(H,16,17). The van der Waals surface area contributed by atoms with Crippen LogP contribution in [-0.4, -0.2) is 25.6 Å². The molecule has 0 saturated heterocycles. The zero-order chi connectivity index (χ0) is 14.3. The monoisotopic (exact) mass is 277 g/mol. The van der Waals surface area contributed by atoms with E-state index in [9.17, 15) is 18.0 Å². The molecule has 1 aromatic carbocycles. The van der Waals surface area contributed by atoms with Crippen LogP contribution < -0.4 is 10.1 Å². The Bertz CT molecular complexity index is 421. The summed E-state index contributed by atoms with van der Waals surface area (Å²) in [5.74, 6) is -0.277. The van der Waals surface area contributed by atoms with E-state index in [1.165, 1.54) is 18.2 Å². The van der Waals surface area contributed by atoms with Gasteiger partial charge in [-0.05, 0) is 31.0 Å². The number of alkyl carbamates (subject to hydrolysis) is 1. The fraction of sp³-hybridized carbons (Fsp3) is 0.417. The molecule has 1 aromatic rings. The molecule has 0 aliphatic heterocycles. The summed E-state index contributed by atoms with van der Waals surface area (Å²) >= 11 is 0. The Hall–Kier alpha value is -1.92. The van der Waals surface area contributed by atoms with E-state index in [2.05, 4.69) is 14.8 Å². The lowest BCUT2D eigenvalue weighted by molar-refractivity contribution is -0.274. The smallest absolute Gasteiger partial charge is 0.450 e. The molecule has 0 unspecified atom stereocenters. The van der Waals surface area contributed by atoms with Gasteiger partial charge in [-0.3, -0.25) is 0 Å². The maximum atomic E-state index is 12.0. The van der Waals surface area contributed by atoms with Gasteiger partial charge in [-0.1, -0.05) is 12.1 Å². The highest BCUT2D eigenvalue weighted by Gasteiger charge is 2.31. The first kappa shape index (κ1) is 15.1. The Morgan fingerprint density at radius 2 is 2.11 bits per heavy atom. The number of benzene rings is 1. The quantitative estimate of drug-likeness (QED) is 0.900. The number of hydrogen-bond acceptors (Lipinski definition) is 3. The summed E-state index contributed by atoms with van der Waals surface area (Å²) in [6.45, 7) is 2.21. The van der Waals surface area contributed by atoms with E-state index < -0.39 is 12.5 Å². The lowest BCUT2D eigenvalue weighted by Gasteiger charge is -2.10. The van der Waals surface area contributed by atoms with E-state index in [0.717, 1.165) is 0 Å². The van der Waals surface area contributed by atoms with Crippen molar-refractivity contribution in [1.82, 2.24) is 5.32 Å². The maximum absolute atomic E-state index is 12.0. The summed E-state index contributed by atoms with van der Waals surface area (Å²) in [5, 5.41) is 2.48. The van der Waals surface area contributed by atoms with Gasteiger partial charge in [0.15, 0.2) is 0 Å². The number of alkyl halides is 3. The van der Waals surface area contributed by atoms with Crippen LogP contribution in [0.15, 0.2) is 24.3 Å². The highest BCUT2D eigenvalue weighted by Crippen LogP contribution is 2.23. The summed E-state index contributed by atoms with van der Waals surface area (Å²) in [6.07, 6.45) is -4.87. The molecule has 0 bridgehead atoms. The van der Waals surface area contributed by atoms with E-state index >= 15 is 0 Å². The van der Waals surface area contributed by atoms with Crippen LogP contribution in [0.4, 0.5) is 18.0 Å². The predicted molar refractivity (Wildman–Crippen MR) is 61.9 cm³/mol. The van der Waals surface area contributed by atoms with Crippen LogP contribution in [0.25, 0.3) is 0 Å². The van der Waals surface area contributed by atoms with Crippen LogP contribution in [0.2, 0.25) is 0 Å². The molecule has 1 rings (SSSR count). The van der Waals surface area contributed by atoms with Crippen molar-refractivity contribution in [3.63, 3.8) is 0 Å². The zero-order valence-corrected chi connectivity index (χ0v) is 10.3. The summed E-state index contributed by atoms with van der Waals surface area (Å²) in [4.78, 5) is 11.0. The number of ether oxygens (including phenoxy) is 2. The molecule has 0 radical (unpaired) electrons. The van der Waals surface area contributed by atoms with E-state index in [0.29, 0.717) is 12.0 Å². The molecule has 0 heterocycles. The molecule has 1 N–H and O–H groups in total. The third kappa shape index (κ3) is 6.54. The van der Waals surface area contributed by atoms with Crippen LogP contribution in [0.5, 0.6) is 5.75 Å². The molecular weight excluding hydrogens is 263 g/mol. The molecule has 4 nitrogen and oxygen atoms in total. The molecule has 7 heteroatoms. The summed E-state index contributed by atoms with van der Waals surface area (Å²) in [7, 11) is 0. The molecule has 0 aliphatic carbocycles. The molecular formula is C12H14F3NO3. The van der Waals surface area contributed by atoms with Gasteiger partial charge in [0.2, 0.25) is 0 Å². The van der Waals surface area contributed by atoms with Gasteiger partial charge >= 0.3 is 12.5 Å². The maximum Gasteiger partial charge on any atom is 0.573 e. The molecule has 0 spiro atoms. The third-order valence-corrected chi connectivity index (χ3v) is 2.09. The molecule has 0 aromatic heterocycles. The normalized spacial score (nSPS) is 10.9. The zero-order valence-electron chi connectivity index (χ0n) is 10.3. The fourth-order valence-electron chi connectivity index (χ4n) is 1.39. The number of halogens is 3. The van der Waals surface area contributed by atoms with Crippen LogP contribution >= 0.6 is 0 Å². The minimum atomic E-state index is -4.71. The van der Waals surface area contributed by atoms with Gasteiger partial charge < -0.3 is 14.8 Å². The lowest BCUT2D eigenvalue weighted by Crippen LogP contribution is -2.26. The Morgan fingerprint density at radius 3 is 2.74 bits per heavy atom. The van der Waals surface area contributed by atoms with E-state index in [-0.39, 0.29) is 18.9 Å². The second kappa shape index (κ2) is 6.86. The van der Waals surface area contributed by atoms with Gasteiger partial charge in [0.25, 0.3) is 0 Å². The van der Waals surface area contributed by atoms with Gasteiger partial charge in [-0.15, -0.1) is 13.2 Å². The topological polar surface area (TPSA) is 47.6 Å². The minimum absolute atomic E-state index is 0.265. The Balaban J connectivity index is 2.46. The van der Waals surface area contributed by atoms with Gasteiger partial charge in [-0.2, -0.15) is 0 Å². The average molecular weight is 277 g/mol. The van der Waals surface area contributed by atoms with E-state index in [1.54, 1.807) is 13.0 Å². The number of hydrogen-bond donors (Lipinski definition) is 1. The summed E-state index contributed by atoms with van der Waals surface area (Å²) < 4.78 is 44.5.